The van der Waals surface area contributed by atoms with Crippen LogP contribution in [0.5, 0.6) is 0 Å². The Balaban J connectivity index is 1.54. The molecule has 7 heteroatoms. The first-order valence-electron chi connectivity index (χ1n) is 7.71. The van der Waals surface area contributed by atoms with Crippen molar-refractivity contribution in [1.82, 2.24) is 10.3 Å². The number of nitrogens with one attached hydrogen (secondary N) is 1. The monoisotopic (exact) mass is 372 g/mol. The molecule has 1 aromatic heterocycles. The van der Waals surface area contributed by atoms with Crippen LogP contribution in [0.2, 0.25) is 5.02 Å². The van der Waals surface area contributed by atoms with Crippen LogP contribution in [0, 0.1) is 0 Å². The molecule has 1 unspecified atom stereocenters. The lowest BCUT2D eigenvalue weighted by molar-refractivity contribution is -0.118. The van der Waals surface area contributed by atoms with Crippen LogP contribution in [0.3, 0.4) is 0 Å². The maximum absolute atomic E-state index is 11.7. The quantitative estimate of drug-likeness (QED) is 0.750. The molecule has 2 heterocycles. The lowest BCUT2D eigenvalue weighted by Crippen LogP contribution is -2.25. The zero-order valence-corrected chi connectivity index (χ0v) is 14.6. The fourth-order valence-electron chi connectivity index (χ4n) is 2.74. The Hall–Kier alpha value is -2.31. The highest BCUT2D eigenvalue weighted by Gasteiger charge is 2.31. The van der Waals surface area contributed by atoms with Gasteiger partial charge in [-0.2, -0.15) is 0 Å². The Labute approximate surface area is 152 Å². The van der Waals surface area contributed by atoms with Crippen molar-refractivity contribution < 1.29 is 14.0 Å². The molecule has 5 nitrogen and oxygen atoms in total. The maximum Gasteiger partial charge on any atom is 0.286 e. The van der Waals surface area contributed by atoms with Gasteiger partial charge in [-0.15, -0.1) is 0 Å². The van der Waals surface area contributed by atoms with Crippen LogP contribution in [0.25, 0.3) is 11.1 Å². The van der Waals surface area contributed by atoms with E-state index in [4.69, 9.17) is 16.0 Å². The molecule has 1 aliphatic heterocycles. The number of rotatable bonds is 4. The number of oxazole rings is 1. The highest BCUT2D eigenvalue weighted by atomic mass is 35.5. The molecule has 1 fully saturated rings. The van der Waals surface area contributed by atoms with Crippen molar-refractivity contribution in [3.63, 3.8) is 0 Å². The molecule has 1 saturated heterocycles. The van der Waals surface area contributed by atoms with Crippen molar-refractivity contribution >= 4 is 45.6 Å². The number of benzene rings is 2. The standard InChI is InChI=1S/C18H13ClN2O3S/c19-12-4-1-10(2-5-12)9-16-20-13-6-3-11(7-14(13)24-16)8-15-17(22)21-18(23)25-15/h1-7,15H,8-9H2,(H,21,22,23). The summed E-state index contributed by atoms with van der Waals surface area (Å²) >= 11 is 6.92. The van der Waals surface area contributed by atoms with Gasteiger partial charge in [0.05, 0.1) is 5.25 Å². The molecular weight excluding hydrogens is 360 g/mol. The molecule has 2 aromatic carbocycles. The van der Waals surface area contributed by atoms with Crippen molar-refractivity contribution in [2.45, 2.75) is 18.1 Å². The number of halogens is 1. The molecule has 25 heavy (non-hydrogen) atoms. The minimum Gasteiger partial charge on any atom is -0.440 e. The maximum atomic E-state index is 11.7. The van der Waals surface area contributed by atoms with Gasteiger partial charge in [0.15, 0.2) is 11.5 Å². The fraction of sp³-hybridized carbons (Fsp3) is 0.167. The van der Waals surface area contributed by atoms with Gasteiger partial charge in [-0.05, 0) is 41.8 Å². The third-order valence-corrected chi connectivity index (χ3v) is 5.19. The smallest absolute Gasteiger partial charge is 0.286 e. The van der Waals surface area contributed by atoms with E-state index in [2.05, 4.69) is 10.3 Å². The van der Waals surface area contributed by atoms with Crippen LogP contribution in [0.15, 0.2) is 46.9 Å². The number of carbonyl (C=O) groups excluding carboxylic acids is 2. The molecule has 3 aromatic rings. The number of hydrogen-bond donors (Lipinski definition) is 1. The van der Waals surface area contributed by atoms with Gasteiger partial charge in [0.1, 0.15) is 5.52 Å². The van der Waals surface area contributed by atoms with Crippen LogP contribution in [-0.4, -0.2) is 21.4 Å². The van der Waals surface area contributed by atoms with E-state index in [0.717, 1.165) is 28.4 Å². The van der Waals surface area contributed by atoms with Crippen molar-refractivity contribution in [3.05, 3.63) is 64.5 Å². The average Bonchev–Trinajstić information content (AvgIpc) is 3.11. The minimum absolute atomic E-state index is 0.240. The molecule has 1 aliphatic rings. The highest BCUT2D eigenvalue weighted by molar-refractivity contribution is 8.15. The second-order valence-electron chi connectivity index (χ2n) is 5.80. The Kier molecular flexibility index (Phi) is 4.23. The highest BCUT2D eigenvalue weighted by Crippen LogP contribution is 2.25. The topological polar surface area (TPSA) is 72.2 Å². The molecule has 0 spiro atoms. The number of nitrogens with zero attached hydrogens (tertiary/aromatic N) is 1. The Bertz CT molecular complexity index is 968. The number of aromatic nitrogens is 1. The minimum atomic E-state index is -0.388. The normalized spacial score (nSPS) is 17.2. The molecule has 0 aliphatic carbocycles. The summed E-state index contributed by atoms with van der Waals surface area (Å²) in [6.45, 7) is 0. The molecule has 0 bridgehead atoms. The Morgan fingerprint density at radius 2 is 1.88 bits per heavy atom. The second kappa shape index (κ2) is 6.54. The molecule has 0 saturated carbocycles. The summed E-state index contributed by atoms with van der Waals surface area (Å²) in [6, 6.07) is 13.2. The Morgan fingerprint density at radius 1 is 1.12 bits per heavy atom. The molecule has 0 radical (unpaired) electrons. The summed E-state index contributed by atoms with van der Waals surface area (Å²) in [5.41, 5.74) is 3.45. The van der Waals surface area contributed by atoms with E-state index >= 15 is 0 Å². The number of thioether (sulfide) groups is 1. The van der Waals surface area contributed by atoms with Gasteiger partial charge in [0.25, 0.3) is 5.24 Å². The van der Waals surface area contributed by atoms with Gasteiger partial charge < -0.3 is 4.42 Å². The van der Waals surface area contributed by atoms with E-state index in [9.17, 15) is 9.59 Å². The predicted octanol–water partition coefficient (Wildman–Crippen LogP) is 3.97. The summed E-state index contributed by atoms with van der Waals surface area (Å²) < 4.78 is 5.84. The van der Waals surface area contributed by atoms with Crippen LogP contribution < -0.4 is 5.32 Å². The van der Waals surface area contributed by atoms with E-state index in [1.165, 1.54) is 0 Å². The van der Waals surface area contributed by atoms with Crippen molar-refractivity contribution in [2.75, 3.05) is 0 Å². The van der Waals surface area contributed by atoms with Gasteiger partial charge in [-0.3, -0.25) is 14.9 Å². The number of carbonyl (C=O) groups is 2. The summed E-state index contributed by atoms with van der Waals surface area (Å²) in [5.74, 6) is 0.383. The fourth-order valence-corrected chi connectivity index (χ4v) is 3.72. The molecule has 1 atom stereocenters. The third-order valence-electron chi connectivity index (χ3n) is 3.95. The number of imide groups is 1. The van der Waals surface area contributed by atoms with E-state index in [1.54, 1.807) is 0 Å². The summed E-state index contributed by atoms with van der Waals surface area (Å²) in [6.07, 6.45) is 1.06. The largest absolute Gasteiger partial charge is 0.440 e. The lowest BCUT2D eigenvalue weighted by atomic mass is 10.1. The zero-order valence-electron chi connectivity index (χ0n) is 13.0. The van der Waals surface area contributed by atoms with Gasteiger partial charge in [-0.1, -0.05) is 41.6 Å². The molecule has 1 N–H and O–H groups in total. The van der Waals surface area contributed by atoms with E-state index in [-0.39, 0.29) is 16.4 Å². The first-order valence-corrected chi connectivity index (χ1v) is 8.97. The summed E-state index contributed by atoms with van der Waals surface area (Å²) in [7, 11) is 0. The molecule has 2 amide bonds. The number of fused-ring (bicyclic) bond motifs is 1. The second-order valence-corrected chi connectivity index (χ2v) is 7.41. The molecule has 4 rings (SSSR count). The van der Waals surface area contributed by atoms with E-state index in [1.807, 2.05) is 42.5 Å². The van der Waals surface area contributed by atoms with Crippen LogP contribution >= 0.6 is 23.4 Å². The summed E-state index contributed by atoms with van der Waals surface area (Å²) in [5, 5.41) is 2.31. The van der Waals surface area contributed by atoms with Crippen LogP contribution in [0.1, 0.15) is 17.0 Å². The van der Waals surface area contributed by atoms with E-state index < -0.39 is 0 Å². The van der Waals surface area contributed by atoms with Crippen molar-refractivity contribution in [1.29, 1.82) is 0 Å². The molecule has 126 valence electrons. The van der Waals surface area contributed by atoms with E-state index in [0.29, 0.717) is 29.3 Å². The van der Waals surface area contributed by atoms with Crippen LogP contribution in [0.4, 0.5) is 4.79 Å². The van der Waals surface area contributed by atoms with Gasteiger partial charge in [0.2, 0.25) is 5.91 Å². The van der Waals surface area contributed by atoms with Gasteiger partial charge in [-0.25, -0.2) is 4.98 Å². The molecular formula is C18H13ClN2O3S. The van der Waals surface area contributed by atoms with Crippen LogP contribution in [-0.2, 0) is 17.6 Å². The lowest BCUT2D eigenvalue weighted by Gasteiger charge is -2.04. The Morgan fingerprint density at radius 3 is 2.60 bits per heavy atom. The van der Waals surface area contributed by atoms with Gasteiger partial charge >= 0.3 is 0 Å². The first kappa shape index (κ1) is 16.2. The first-order chi connectivity index (χ1) is 12.1. The summed E-state index contributed by atoms with van der Waals surface area (Å²) in [4.78, 5) is 27.4. The third kappa shape index (κ3) is 3.55. The van der Waals surface area contributed by atoms with Gasteiger partial charge in [0, 0.05) is 11.4 Å². The SMILES string of the molecule is O=C1NC(=O)C(Cc2ccc3nc(Cc4ccc(Cl)cc4)oc3c2)S1. The zero-order chi connectivity index (χ0) is 17.4. The van der Waals surface area contributed by atoms with Crippen molar-refractivity contribution in [3.8, 4) is 0 Å². The predicted molar refractivity (Wildman–Crippen MR) is 96.9 cm³/mol. The number of amides is 2. The van der Waals surface area contributed by atoms with Crippen molar-refractivity contribution in [2.24, 2.45) is 0 Å². The average molecular weight is 373 g/mol. The number of hydrogen-bond acceptors (Lipinski definition) is 5.